The first kappa shape index (κ1) is 14.6. The van der Waals surface area contributed by atoms with E-state index >= 15 is 0 Å². The van der Waals surface area contributed by atoms with Crippen LogP contribution < -0.4 is 23.8 Å². The molecule has 72 valence electrons. The molecular formula is C7H7ClLiO3PS. The van der Waals surface area contributed by atoms with Crippen molar-refractivity contribution >= 4 is 29.8 Å². The van der Waals surface area contributed by atoms with E-state index in [-0.39, 0.29) is 18.9 Å². The van der Waals surface area contributed by atoms with Crippen molar-refractivity contribution in [2.24, 2.45) is 0 Å². The van der Waals surface area contributed by atoms with E-state index < -0.39 is 6.80 Å². The molecule has 0 amide bonds. The number of hydrogen-bond donors (Lipinski definition) is 0. The SMILES string of the molecule is COP(=O)([O-])Sc1ccc(Cl)cc1.[Li+]. The molecule has 0 saturated heterocycles. The van der Waals surface area contributed by atoms with Crippen LogP contribution in [0.5, 0.6) is 0 Å². The van der Waals surface area contributed by atoms with Crippen LogP contribution in [0.1, 0.15) is 0 Å². The van der Waals surface area contributed by atoms with Gasteiger partial charge in [-0.2, -0.15) is 0 Å². The Kier molecular flexibility index (Phi) is 6.52. The Morgan fingerprint density at radius 1 is 1.43 bits per heavy atom. The van der Waals surface area contributed by atoms with Crippen LogP contribution in [0, 0.1) is 0 Å². The molecule has 0 radical (unpaired) electrons. The van der Waals surface area contributed by atoms with E-state index in [1.807, 2.05) is 0 Å². The minimum Gasteiger partial charge on any atom is -0.770 e. The molecule has 1 unspecified atom stereocenters. The molecule has 0 aromatic heterocycles. The number of hydrogen-bond acceptors (Lipinski definition) is 4. The van der Waals surface area contributed by atoms with Gasteiger partial charge in [-0.3, -0.25) is 4.57 Å². The van der Waals surface area contributed by atoms with Crippen molar-refractivity contribution < 1.29 is 32.8 Å². The molecule has 1 aromatic rings. The topological polar surface area (TPSA) is 49.4 Å². The van der Waals surface area contributed by atoms with Crippen molar-refractivity contribution in [1.82, 2.24) is 0 Å². The van der Waals surface area contributed by atoms with Gasteiger partial charge in [0.1, 0.15) is 0 Å². The summed E-state index contributed by atoms with van der Waals surface area (Å²) in [7, 11) is 1.14. The Morgan fingerprint density at radius 2 is 1.93 bits per heavy atom. The second kappa shape index (κ2) is 6.25. The second-order valence-electron chi connectivity index (χ2n) is 2.17. The van der Waals surface area contributed by atoms with E-state index in [1.165, 1.54) is 0 Å². The summed E-state index contributed by atoms with van der Waals surface area (Å²) in [5.74, 6) is 0. The fourth-order valence-electron chi connectivity index (χ4n) is 0.662. The van der Waals surface area contributed by atoms with Gasteiger partial charge in [0.15, 0.2) is 6.80 Å². The van der Waals surface area contributed by atoms with Gasteiger partial charge in [-0.1, -0.05) is 11.6 Å². The molecule has 0 saturated carbocycles. The Balaban J connectivity index is 0.00000169. The zero-order chi connectivity index (χ0) is 9.90. The summed E-state index contributed by atoms with van der Waals surface area (Å²) in [6.07, 6.45) is 0. The van der Waals surface area contributed by atoms with E-state index in [4.69, 9.17) is 11.6 Å². The average molecular weight is 245 g/mol. The van der Waals surface area contributed by atoms with Gasteiger partial charge in [-0.25, -0.2) is 0 Å². The van der Waals surface area contributed by atoms with Gasteiger partial charge < -0.3 is 9.42 Å². The number of rotatable bonds is 3. The van der Waals surface area contributed by atoms with Gasteiger partial charge in [0, 0.05) is 17.0 Å². The summed E-state index contributed by atoms with van der Waals surface area (Å²) >= 11 is 6.30. The van der Waals surface area contributed by atoms with Crippen molar-refractivity contribution in [2.75, 3.05) is 7.11 Å². The van der Waals surface area contributed by atoms with Crippen LogP contribution in [0.4, 0.5) is 0 Å². The van der Waals surface area contributed by atoms with E-state index in [0.717, 1.165) is 7.11 Å². The zero-order valence-electron chi connectivity index (χ0n) is 7.77. The number of benzene rings is 1. The summed E-state index contributed by atoms with van der Waals surface area (Å²) in [6.45, 7) is -3.79. The van der Waals surface area contributed by atoms with E-state index in [2.05, 4.69) is 4.52 Å². The molecule has 0 spiro atoms. The molecule has 0 bridgehead atoms. The molecule has 0 N–H and O–H groups in total. The van der Waals surface area contributed by atoms with E-state index in [0.29, 0.717) is 21.3 Å². The van der Waals surface area contributed by atoms with Crippen LogP contribution in [0.25, 0.3) is 0 Å². The molecule has 0 heterocycles. The molecule has 1 atom stereocenters. The van der Waals surface area contributed by atoms with Crippen LogP contribution in [0.15, 0.2) is 29.2 Å². The molecule has 1 aromatic carbocycles. The minimum atomic E-state index is -3.79. The Labute approximate surface area is 104 Å². The smallest absolute Gasteiger partial charge is 0.770 e. The van der Waals surface area contributed by atoms with Crippen LogP contribution in [0.3, 0.4) is 0 Å². The van der Waals surface area contributed by atoms with Gasteiger partial charge in [-0.05, 0) is 35.6 Å². The first-order valence-corrected chi connectivity index (χ1v) is 6.70. The van der Waals surface area contributed by atoms with Crippen LogP contribution in [0.2, 0.25) is 5.02 Å². The van der Waals surface area contributed by atoms with E-state index in [9.17, 15) is 9.46 Å². The molecule has 0 fully saturated rings. The van der Waals surface area contributed by atoms with Gasteiger partial charge in [0.25, 0.3) is 0 Å². The van der Waals surface area contributed by atoms with Crippen molar-refractivity contribution in [2.45, 2.75) is 4.90 Å². The second-order valence-corrected chi connectivity index (χ2v) is 6.41. The fourth-order valence-corrected chi connectivity index (χ4v) is 2.74. The predicted octanol–water partition coefficient (Wildman–Crippen LogP) is -0.449. The first-order valence-electron chi connectivity index (χ1n) is 3.35. The molecular weight excluding hydrogens is 238 g/mol. The van der Waals surface area contributed by atoms with Crippen LogP contribution in [-0.4, -0.2) is 7.11 Å². The largest absolute Gasteiger partial charge is 1.00 e. The van der Waals surface area contributed by atoms with Gasteiger partial charge in [-0.15, -0.1) is 0 Å². The normalized spacial score (nSPS) is 14.2. The van der Waals surface area contributed by atoms with Gasteiger partial charge >= 0.3 is 18.9 Å². The maximum absolute atomic E-state index is 11.0. The third-order valence-electron chi connectivity index (χ3n) is 1.25. The monoisotopic (exact) mass is 244 g/mol. The first-order chi connectivity index (χ1) is 6.03. The number of halogens is 1. The average Bonchev–Trinajstić information content (AvgIpc) is 2.09. The standard InChI is InChI=1S/C7H8ClO3PS.Li/c1-11-12(9,10)13-7-4-2-6(8)3-5-7;/h2-5H,1H3,(H,9,10);/q;+1/p-1. The van der Waals surface area contributed by atoms with Crippen molar-refractivity contribution in [3.05, 3.63) is 29.3 Å². The summed E-state index contributed by atoms with van der Waals surface area (Å²) in [6, 6.07) is 6.49. The van der Waals surface area contributed by atoms with Gasteiger partial charge in [0.05, 0.1) is 0 Å². The van der Waals surface area contributed by atoms with Crippen molar-refractivity contribution in [3.63, 3.8) is 0 Å². The summed E-state index contributed by atoms with van der Waals surface area (Å²) in [5, 5.41) is 0.572. The maximum Gasteiger partial charge on any atom is 1.00 e. The molecule has 3 nitrogen and oxygen atoms in total. The molecule has 1 rings (SSSR count). The zero-order valence-corrected chi connectivity index (χ0v) is 10.2. The Bertz CT molecular complexity index is 332. The molecule has 0 aliphatic rings. The van der Waals surface area contributed by atoms with Gasteiger partial charge in [0.2, 0.25) is 0 Å². The van der Waals surface area contributed by atoms with Crippen molar-refractivity contribution in [1.29, 1.82) is 0 Å². The maximum atomic E-state index is 11.0. The minimum absolute atomic E-state index is 0. The molecule has 0 aliphatic carbocycles. The molecule has 7 heteroatoms. The fraction of sp³-hybridized carbons (Fsp3) is 0.143. The summed E-state index contributed by atoms with van der Waals surface area (Å²) < 4.78 is 15.3. The quantitative estimate of drug-likeness (QED) is 0.534. The summed E-state index contributed by atoms with van der Waals surface area (Å²) in [4.78, 5) is 11.6. The molecule has 0 aliphatic heterocycles. The third kappa shape index (κ3) is 4.91. The van der Waals surface area contributed by atoms with Crippen molar-refractivity contribution in [3.8, 4) is 0 Å². The Morgan fingerprint density at radius 3 is 2.36 bits per heavy atom. The predicted molar refractivity (Wildman–Crippen MR) is 51.9 cm³/mol. The van der Waals surface area contributed by atoms with Crippen LogP contribution in [-0.2, 0) is 9.09 Å². The third-order valence-corrected chi connectivity index (χ3v) is 4.41. The summed E-state index contributed by atoms with van der Waals surface area (Å²) in [5.41, 5.74) is 0. The van der Waals surface area contributed by atoms with E-state index in [1.54, 1.807) is 24.3 Å². The molecule has 14 heavy (non-hydrogen) atoms. The Hall–Kier alpha value is 0.607. The van der Waals surface area contributed by atoms with Crippen LogP contribution >= 0.6 is 29.8 Å².